The number of hydrogen-bond donors (Lipinski definition) is 2. The highest BCUT2D eigenvalue weighted by atomic mass is 16.5. The highest BCUT2D eigenvalue weighted by Crippen LogP contribution is 2.36. The molecule has 0 aliphatic heterocycles. The van der Waals surface area contributed by atoms with E-state index in [0.717, 1.165) is 0 Å². The van der Waals surface area contributed by atoms with E-state index in [2.05, 4.69) is 9.97 Å². The Hall–Kier alpha value is -3.35. The van der Waals surface area contributed by atoms with Crippen LogP contribution in [0.2, 0.25) is 0 Å². The number of carboxylic acid groups (broad SMARTS) is 1. The summed E-state index contributed by atoms with van der Waals surface area (Å²) in [5.74, 6) is -0.00526. The van der Waals surface area contributed by atoms with Crippen LogP contribution in [-0.4, -0.2) is 35.3 Å². The molecule has 0 aliphatic rings. The first-order chi connectivity index (χ1) is 11.5. The van der Waals surface area contributed by atoms with Crippen molar-refractivity contribution < 1.29 is 19.4 Å². The molecule has 0 aliphatic carbocycles. The Labute approximate surface area is 137 Å². The molecule has 0 fully saturated rings. The lowest BCUT2D eigenvalue weighted by Crippen LogP contribution is -2.03. The molecule has 0 saturated heterocycles. The second kappa shape index (κ2) is 6.04. The highest BCUT2D eigenvalue weighted by molar-refractivity contribution is 6.02. The first-order valence-corrected chi connectivity index (χ1v) is 7.07. The summed E-state index contributed by atoms with van der Waals surface area (Å²) in [6.07, 6.45) is 0. The van der Waals surface area contributed by atoms with E-state index < -0.39 is 5.97 Å². The van der Waals surface area contributed by atoms with Gasteiger partial charge < -0.3 is 20.3 Å². The molecule has 0 atom stereocenters. The Kier molecular flexibility index (Phi) is 3.91. The van der Waals surface area contributed by atoms with Crippen molar-refractivity contribution in [2.24, 2.45) is 0 Å². The fourth-order valence-corrected chi connectivity index (χ4v) is 2.56. The smallest absolute Gasteiger partial charge is 0.336 e. The molecular weight excluding hydrogens is 310 g/mol. The van der Waals surface area contributed by atoms with Crippen LogP contribution in [0.3, 0.4) is 0 Å². The van der Waals surface area contributed by atoms with Crippen molar-refractivity contribution in [3.63, 3.8) is 0 Å². The Morgan fingerprint density at radius 3 is 2.42 bits per heavy atom. The SMILES string of the molecule is COc1cc2nc(N)nc(-c3ccccc3C(=O)O)c2cc1OC. The van der Waals surface area contributed by atoms with Crippen LogP contribution >= 0.6 is 0 Å². The third kappa shape index (κ3) is 2.56. The maximum absolute atomic E-state index is 11.5. The van der Waals surface area contributed by atoms with Gasteiger partial charge in [0.15, 0.2) is 11.5 Å². The van der Waals surface area contributed by atoms with Crippen LogP contribution in [0.25, 0.3) is 22.2 Å². The average molecular weight is 325 g/mol. The van der Waals surface area contributed by atoms with Gasteiger partial charge in [0.1, 0.15) is 0 Å². The molecule has 0 radical (unpaired) electrons. The minimum absolute atomic E-state index is 0.0462. The summed E-state index contributed by atoms with van der Waals surface area (Å²) in [4.78, 5) is 20.0. The largest absolute Gasteiger partial charge is 0.493 e. The Morgan fingerprint density at radius 2 is 1.75 bits per heavy atom. The number of hydrogen-bond acceptors (Lipinski definition) is 6. The number of nitrogen functional groups attached to an aromatic ring is 1. The van der Waals surface area contributed by atoms with Gasteiger partial charge in [-0.25, -0.2) is 14.8 Å². The molecule has 1 heterocycles. The molecule has 0 amide bonds. The zero-order valence-electron chi connectivity index (χ0n) is 13.1. The zero-order chi connectivity index (χ0) is 17.3. The number of nitrogens with zero attached hydrogens (tertiary/aromatic N) is 2. The number of carboxylic acids is 1. The molecule has 0 spiro atoms. The van der Waals surface area contributed by atoms with E-state index in [9.17, 15) is 9.90 Å². The molecule has 2 aromatic carbocycles. The van der Waals surface area contributed by atoms with Crippen molar-refractivity contribution >= 4 is 22.8 Å². The predicted octanol–water partition coefficient (Wildman–Crippen LogP) is 2.59. The number of fused-ring (bicyclic) bond motifs is 1. The van der Waals surface area contributed by atoms with Gasteiger partial charge in [0.2, 0.25) is 5.95 Å². The number of ether oxygens (including phenoxy) is 2. The van der Waals surface area contributed by atoms with E-state index in [0.29, 0.717) is 33.7 Å². The quantitative estimate of drug-likeness (QED) is 0.759. The topological polar surface area (TPSA) is 108 Å². The molecule has 122 valence electrons. The number of anilines is 1. The van der Waals surface area contributed by atoms with Gasteiger partial charge in [-0.15, -0.1) is 0 Å². The van der Waals surface area contributed by atoms with Gasteiger partial charge in [0.25, 0.3) is 0 Å². The number of methoxy groups -OCH3 is 2. The third-order valence-corrected chi connectivity index (χ3v) is 3.63. The normalized spacial score (nSPS) is 10.6. The molecule has 0 saturated carbocycles. The fraction of sp³-hybridized carbons (Fsp3) is 0.118. The van der Waals surface area contributed by atoms with Gasteiger partial charge in [-0.3, -0.25) is 0 Å². The molecular formula is C17H15N3O4. The standard InChI is InChI=1S/C17H15N3O4/c1-23-13-7-11-12(8-14(13)24-2)19-17(18)20-15(11)9-5-3-4-6-10(9)16(21)22/h3-8H,1-2H3,(H,21,22)(H2,18,19,20). The number of rotatable bonds is 4. The molecule has 3 rings (SSSR count). The third-order valence-electron chi connectivity index (χ3n) is 3.63. The van der Waals surface area contributed by atoms with Crippen LogP contribution in [-0.2, 0) is 0 Å². The van der Waals surface area contributed by atoms with Crippen LogP contribution in [0.4, 0.5) is 5.95 Å². The van der Waals surface area contributed by atoms with Gasteiger partial charge in [-0.1, -0.05) is 18.2 Å². The number of carbonyl (C=O) groups is 1. The molecule has 0 bridgehead atoms. The molecule has 7 heteroatoms. The van der Waals surface area contributed by atoms with Crippen LogP contribution in [0, 0.1) is 0 Å². The highest BCUT2D eigenvalue weighted by Gasteiger charge is 2.18. The Balaban J connectivity index is 2.38. The number of aromatic carboxylic acids is 1. The zero-order valence-corrected chi connectivity index (χ0v) is 13.1. The average Bonchev–Trinajstić information content (AvgIpc) is 2.59. The summed E-state index contributed by atoms with van der Waals surface area (Å²) in [5, 5.41) is 10.1. The van der Waals surface area contributed by atoms with Gasteiger partial charge in [-0.2, -0.15) is 0 Å². The first-order valence-electron chi connectivity index (χ1n) is 7.07. The van der Waals surface area contributed by atoms with Crippen LogP contribution in [0.5, 0.6) is 11.5 Å². The summed E-state index contributed by atoms with van der Waals surface area (Å²) < 4.78 is 10.6. The molecule has 24 heavy (non-hydrogen) atoms. The molecule has 3 N–H and O–H groups in total. The summed E-state index contributed by atoms with van der Waals surface area (Å²) in [5.41, 5.74) is 7.36. The second-order valence-electron chi connectivity index (χ2n) is 5.01. The van der Waals surface area contributed by atoms with E-state index >= 15 is 0 Å². The number of aromatic nitrogens is 2. The van der Waals surface area contributed by atoms with Gasteiger partial charge >= 0.3 is 5.97 Å². The molecule has 1 aromatic heterocycles. The molecule has 7 nitrogen and oxygen atoms in total. The maximum atomic E-state index is 11.5. The minimum atomic E-state index is -1.04. The minimum Gasteiger partial charge on any atom is -0.493 e. The van der Waals surface area contributed by atoms with Gasteiger partial charge in [-0.05, 0) is 12.1 Å². The summed E-state index contributed by atoms with van der Waals surface area (Å²) >= 11 is 0. The van der Waals surface area contributed by atoms with Crippen molar-refractivity contribution in [3.05, 3.63) is 42.0 Å². The predicted molar refractivity (Wildman–Crippen MR) is 89.4 cm³/mol. The van der Waals surface area contributed by atoms with Crippen molar-refractivity contribution in [1.82, 2.24) is 9.97 Å². The van der Waals surface area contributed by atoms with E-state index in [1.807, 2.05) is 0 Å². The summed E-state index contributed by atoms with van der Waals surface area (Å²) in [7, 11) is 3.04. The van der Waals surface area contributed by atoms with Gasteiger partial charge in [0, 0.05) is 17.0 Å². The number of nitrogens with two attached hydrogens (primary N) is 1. The van der Waals surface area contributed by atoms with Crippen molar-refractivity contribution in [3.8, 4) is 22.8 Å². The summed E-state index contributed by atoms with van der Waals surface area (Å²) in [6.45, 7) is 0. The van der Waals surface area contributed by atoms with Crippen LogP contribution in [0.1, 0.15) is 10.4 Å². The van der Waals surface area contributed by atoms with Crippen LogP contribution < -0.4 is 15.2 Å². The fourth-order valence-electron chi connectivity index (χ4n) is 2.56. The van der Waals surface area contributed by atoms with E-state index in [1.165, 1.54) is 20.3 Å². The summed E-state index contributed by atoms with van der Waals surface area (Å²) in [6, 6.07) is 9.99. The Bertz CT molecular complexity index is 941. The van der Waals surface area contributed by atoms with Crippen molar-refractivity contribution in [2.45, 2.75) is 0 Å². The second-order valence-corrected chi connectivity index (χ2v) is 5.01. The lowest BCUT2D eigenvalue weighted by Gasteiger charge is -2.13. The van der Waals surface area contributed by atoms with Crippen molar-refractivity contribution in [2.75, 3.05) is 20.0 Å². The lowest BCUT2D eigenvalue weighted by molar-refractivity contribution is 0.0697. The maximum Gasteiger partial charge on any atom is 0.336 e. The molecule has 0 unspecified atom stereocenters. The van der Waals surface area contributed by atoms with Crippen molar-refractivity contribution in [1.29, 1.82) is 0 Å². The van der Waals surface area contributed by atoms with E-state index in [-0.39, 0.29) is 11.5 Å². The van der Waals surface area contributed by atoms with E-state index in [1.54, 1.807) is 30.3 Å². The van der Waals surface area contributed by atoms with Crippen LogP contribution in [0.15, 0.2) is 36.4 Å². The lowest BCUT2D eigenvalue weighted by atomic mass is 10.0. The van der Waals surface area contributed by atoms with E-state index in [4.69, 9.17) is 15.2 Å². The monoisotopic (exact) mass is 325 g/mol. The van der Waals surface area contributed by atoms with Gasteiger partial charge in [0.05, 0.1) is 31.0 Å². The number of benzene rings is 2. The Morgan fingerprint density at radius 1 is 1.08 bits per heavy atom. The first kappa shape index (κ1) is 15.5. The molecule has 3 aromatic rings.